The van der Waals surface area contributed by atoms with Crippen LogP contribution in [0.1, 0.15) is 20.3 Å². The van der Waals surface area contributed by atoms with Gasteiger partial charge in [0, 0.05) is 35.8 Å². The van der Waals surface area contributed by atoms with Gasteiger partial charge in [-0.3, -0.25) is 4.79 Å². The lowest BCUT2D eigenvalue weighted by Crippen LogP contribution is -2.34. The van der Waals surface area contributed by atoms with Gasteiger partial charge >= 0.3 is 0 Å². The Kier molecular flexibility index (Phi) is 7.05. The molecule has 5 heteroatoms. The smallest absolute Gasteiger partial charge is 0.225 e. The van der Waals surface area contributed by atoms with E-state index in [1.807, 2.05) is 38.1 Å². The van der Waals surface area contributed by atoms with E-state index in [1.54, 1.807) is 0 Å². The van der Waals surface area contributed by atoms with E-state index in [4.69, 9.17) is 5.11 Å². The van der Waals surface area contributed by atoms with Crippen molar-refractivity contribution in [2.75, 3.05) is 18.5 Å². The number of aliphatic hydroxyl groups excluding tert-OH is 1. The van der Waals surface area contributed by atoms with Crippen LogP contribution in [-0.2, 0) is 4.79 Å². The minimum atomic E-state index is -0.0187. The Balaban J connectivity index is 2.34. The fourth-order valence-corrected chi connectivity index (χ4v) is 1.99. The van der Waals surface area contributed by atoms with Gasteiger partial charge in [0.1, 0.15) is 0 Å². The van der Waals surface area contributed by atoms with E-state index >= 15 is 0 Å². The maximum absolute atomic E-state index is 11.8. The molecule has 1 rings (SSSR count). The van der Waals surface area contributed by atoms with Crippen molar-refractivity contribution in [2.45, 2.75) is 26.3 Å². The van der Waals surface area contributed by atoms with E-state index in [1.165, 1.54) is 0 Å². The van der Waals surface area contributed by atoms with E-state index in [0.29, 0.717) is 13.0 Å². The lowest BCUT2D eigenvalue weighted by Gasteiger charge is -2.16. The summed E-state index contributed by atoms with van der Waals surface area (Å²) in [6, 6.07) is 7.60. The van der Waals surface area contributed by atoms with Gasteiger partial charge < -0.3 is 15.7 Å². The number of rotatable bonds is 7. The van der Waals surface area contributed by atoms with Gasteiger partial charge in [0.2, 0.25) is 5.91 Å². The van der Waals surface area contributed by atoms with Gasteiger partial charge in [0.15, 0.2) is 0 Å². The largest absolute Gasteiger partial charge is 0.396 e. The van der Waals surface area contributed by atoms with Crippen LogP contribution in [0.5, 0.6) is 0 Å². The first-order valence-corrected chi connectivity index (χ1v) is 7.20. The predicted molar refractivity (Wildman–Crippen MR) is 81.1 cm³/mol. The van der Waals surface area contributed by atoms with Crippen molar-refractivity contribution in [3.8, 4) is 0 Å². The molecule has 2 atom stereocenters. The first-order valence-electron chi connectivity index (χ1n) is 6.41. The molecule has 0 aliphatic heterocycles. The van der Waals surface area contributed by atoms with Gasteiger partial charge in [-0.05, 0) is 31.0 Å². The van der Waals surface area contributed by atoms with Crippen LogP contribution in [0.15, 0.2) is 28.7 Å². The molecule has 3 N–H and O–H groups in total. The molecule has 0 heterocycles. The Morgan fingerprint density at radius 2 is 2.16 bits per heavy atom. The highest BCUT2D eigenvalue weighted by atomic mass is 79.9. The van der Waals surface area contributed by atoms with Crippen LogP contribution in [0, 0.1) is 5.92 Å². The third kappa shape index (κ3) is 6.71. The Hall–Kier alpha value is -0.910. The Labute approximate surface area is 122 Å². The molecule has 1 amide bonds. The predicted octanol–water partition coefficient (Wildman–Crippen LogP) is 2.38. The van der Waals surface area contributed by atoms with E-state index < -0.39 is 0 Å². The molecule has 0 saturated carbocycles. The molecule has 1 aromatic rings. The van der Waals surface area contributed by atoms with Crippen LogP contribution >= 0.6 is 15.9 Å². The maximum atomic E-state index is 11.8. The SMILES string of the molecule is CC(CO)CNC(C)CC(=O)Nc1cccc(Br)c1. The fraction of sp³-hybridized carbons (Fsp3) is 0.500. The second-order valence-electron chi connectivity index (χ2n) is 4.86. The highest BCUT2D eigenvalue weighted by molar-refractivity contribution is 9.10. The van der Waals surface area contributed by atoms with Crippen LogP contribution in [0.4, 0.5) is 5.69 Å². The number of carbonyl (C=O) groups is 1. The molecule has 1 aromatic carbocycles. The Bertz CT molecular complexity index is 412. The minimum absolute atomic E-state index is 0.0187. The van der Waals surface area contributed by atoms with Gasteiger partial charge in [-0.15, -0.1) is 0 Å². The number of hydrogen-bond donors (Lipinski definition) is 3. The van der Waals surface area contributed by atoms with Gasteiger partial charge in [-0.2, -0.15) is 0 Å². The molecule has 19 heavy (non-hydrogen) atoms. The summed E-state index contributed by atoms with van der Waals surface area (Å²) in [4.78, 5) is 11.8. The monoisotopic (exact) mass is 328 g/mol. The standard InChI is InChI=1S/C14H21BrN2O2/c1-10(9-18)8-16-11(2)6-14(19)17-13-5-3-4-12(15)7-13/h3-5,7,10-11,16,18H,6,8-9H2,1-2H3,(H,17,19). The summed E-state index contributed by atoms with van der Waals surface area (Å²) in [5, 5.41) is 15.0. The average molecular weight is 329 g/mol. The van der Waals surface area contributed by atoms with Crippen molar-refractivity contribution in [3.63, 3.8) is 0 Å². The number of aliphatic hydroxyl groups is 1. The van der Waals surface area contributed by atoms with E-state index in [9.17, 15) is 4.79 Å². The van der Waals surface area contributed by atoms with Crippen molar-refractivity contribution in [1.82, 2.24) is 5.32 Å². The summed E-state index contributed by atoms with van der Waals surface area (Å²) in [5.74, 6) is 0.186. The zero-order valence-corrected chi connectivity index (χ0v) is 12.9. The fourth-order valence-electron chi connectivity index (χ4n) is 1.60. The summed E-state index contributed by atoms with van der Waals surface area (Å²) >= 11 is 3.36. The average Bonchev–Trinajstić information content (AvgIpc) is 2.35. The highest BCUT2D eigenvalue weighted by Gasteiger charge is 2.10. The van der Waals surface area contributed by atoms with E-state index in [-0.39, 0.29) is 24.5 Å². The van der Waals surface area contributed by atoms with Crippen LogP contribution in [0.2, 0.25) is 0 Å². The zero-order valence-electron chi connectivity index (χ0n) is 11.3. The zero-order chi connectivity index (χ0) is 14.3. The normalized spacial score (nSPS) is 13.9. The number of nitrogens with one attached hydrogen (secondary N) is 2. The lowest BCUT2D eigenvalue weighted by atomic mass is 10.1. The molecule has 0 bridgehead atoms. The van der Waals surface area contributed by atoms with Crippen LogP contribution < -0.4 is 10.6 Å². The third-order valence-corrected chi connectivity index (χ3v) is 3.22. The molecule has 0 fully saturated rings. The van der Waals surface area contributed by atoms with Crippen molar-refractivity contribution in [2.24, 2.45) is 5.92 Å². The highest BCUT2D eigenvalue weighted by Crippen LogP contribution is 2.15. The molecule has 0 aliphatic rings. The molecule has 0 radical (unpaired) electrons. The summed E-state index contributed by atoms with van der Waals surface area (Å²) in [5.41, 5.74) is 0.787. The van der Waals surface area contributed by atoms with Crippen molar-refractivity contribution in [1.29, 1.82) is 0 Å². The summed E-state index contributed by atoms with van der Waals surface area (Å²) in [6.45, 7) is 4.79. The third-order valence-electron chi connectivity index (χ3n) is 2.73. The molecule has 0 aliphatic carbocycles. The van der Waals surface area contributed by atoms with Gasteiger partial charge in [0.05, 0.1) is 0 Å². The van der Waals surface area contributed by atoms with E-state index in [0.717, 1.165) is 10.2 Å². The molecule has 4 nitrogen and oxygen atoms in total. The molecule has 0 spiro atoms. The number of benzene rings is 1. The Morgan fingerprint density at radius 3 is 2.79 bits per heavy atom. The second-order valence-corrected chi connectivity index (χ2v) is 5.78. The van der Waals surface area contributed by atoms with E-state index in [2.05, 4.69) is 26.6 Å². The van der Waals surface area contributed by atoms with Crippen molar-refractivity contribution >= 4 is 27.5 Å². The molecular formula is C14H21BrN2O2. The van der Waals surface area contributed by atoms with Gasteiger partial charge in [-0.25, -0.2) is 0 Å². The lowest BCUT2D eigenvalue weighted by molar-refractivity contribution is -0.116. The molecule has 2 unspecified atom stereocenters. The summed E-state index contributed by atoms with van der Waals surface area (Å²) in [7, 11) is 0. The number of hydrogen-bond acceptors (Lipinski definition) is 3. The first-order chi connectivity index (χ1) is 9.01. The van der Waals surface area contributed by atoms with Crippen molar-refractivity contribution in [3.05, 3.63) is 28.7 Å². The molecule has 0 saturated heterocycles. The quantitative estimate of drug-likeness (QED) is 0.720. The second kappa shape index (κ2) is 8.30. The topological polar surface area (TPSA) is 61.4 Å². The first kappa shape index (κ1) is 16.1. The summed E-state index contributed by atoms with van der Waals surface area (Å²) < 4.78 is 0.938. The maximum Gasteiger partial charge on any atom is 0.225 e. The molecule has 106 valence electrons. The summed E-state index contributed by atoms with van der Waals surface area (Å²) in [6.07, 6.45) is 0.407. The number of anilines is 1. The van der Waals surface area contributed by atoms with Crippen molar-refractivity contribution < 1.29 is 9.90 Å². The van der Waals surface area contributed by atoms with Crippen LogP contribution in [0.3, 0.4) is 0 Å². The molecular weight excluding hydrogens is 308 g/mol. The van der Waals surface area contributed by atoms with Gasteiger partial charge in [0.25, 0.3) is 0 Å². The minimum Gasteiger partial charge on any atom is -0.396 e. The Morgan fingerprint density at radius 1 is 1.42 bits per heavy atom. The van der Waals surface area contributed by atoms with Crippen LogP contribution in [-0.4, -0.2) is 30.2 Å². The number of halogens is 1. The van der Waals surface area contributed by atoms with Gasteiger partial charge in [-0.1, -0.05) is 28.9 Å². The molecule has 0 aromatic heterocycles. The van der Waals surface area contributed by atoms with Crippen LogP contribution in [0.25, 0.3) is 0 Å². The number of carbonyl (C=O) groups excluding carboxylic acids is 1. The number of amides is 1.